The lowest BCUT2D eigenvalue weighted by Gasteiger charge is -2.27. The van der Waals surface area contributed by atoms with E-state index in [1.54, 1.807) is 12.1 Å². The van der Waals surface area contributed by atoms with Crippen molar-refractivity contribution in [1.29, 1.82) is 5.26 Å². The van der Waals surface area contributed by atoms with Gasteiger partial charge >= 0.3 is 0 Å². The summed E-state index contributed by atoms with van der Waals surface area (Å²) < 4.78 is 0. The number of nitrogens with zero attached hydrogens (tertiary/aromatic N) is 1. The van der Waals surface area contributed by atoms with Gasteiger partial charge in [-0.1, -0.05) is 31.9 Å². The molecule has 1 aromatic carbocycles. The first-order valence-corrected chi connectivity index (χ1v) is 7.58. The van der Waals surface area contributed by atoms with Gasteiger partial charge in [0.2, 0.25) is 0 Å². The summed E-state index contributed by atoms with van der Waals surface area (Å²) in [5, 5.41) is 22.3. The number of aliphatic hydroxyl groups excluding tert-OH is 1. The summed E-state index contributed by atoms with van der Waals surface area (Å²) in [6.07, 6.45) is 4.82. The summed E-state index contributed by atoms with van der Waals surface area (Å²) in [5.41, 5.74) is 1.50. The predicted molar refractivity (Wildman–Crippen MR) is 80.1 cm³/mol. The van der Waals surface area contributed by atoms with E-state index in [2.05, 4.69) is 18.3 Å². The van der Waals surface area contributed by atoms with Crippen molar-refractivity contribution in [2.75, 3.05) is 13.1 Å². The molecule has 1 saturated carbocycles. The van der Waals surface area contributed by atoms with Gasteiger partial charge in [0, 0.05) is 6.54 Å². The van der Waals surface area contributed by atoms with E-state index in [9.17, 15) is 5.11 Å². The minimum absolute atomic E-state index is 0.497. The molecule has 0 bridgehead atoms. The number of hydrogen-bond acceptors (Lipinski definition) is 3. The molecular weight excluding hydrogens is 248 g/mol. The van der Waals surface area contributed by atoms with Crippen LogP contribution in [0.4, 0.5) is 0 Å². The van der Waals surface area contributed by atoms with Gasteiger partial charge in [-0.25, -0.2) is 0 Å². The molecule has 20 heavy (non-hydrogen) atoms. The molecule has 2 rings (SSSR count). The summed E-state index contributed by atoms with van der Waals surface area (Å²) in [5.74, 6) is 1.60. The minimum atomic E-state index is -0.497. The molecule has 3 heteroatoms. The number of hydrogen-bond donors (Lipinski definition) is 2. The second kappa shape index (κ2) is 7.42. The Morgan fingerprint density at radius 3 is 2.75 bits per heavy atom. The Morgan fingerprint density at radius 2 is 2.10 bits per heavy atom. The summed E-state index contributed by atoms with van der Waals surface area (Å²) in [6, 6.07) is 9.24. The summed E-state index contributed by atoms with van der Waals surface area (Å²) in [4.78, 5) is 0. The molecule has 2 N–H and O–H groups in total. The summed E-state index contributed by atoms with van der Waals surface area (Å²) in [7, 11) is 0. The van der Waals surface area contributed by atoms with Crippen molar-refractivity contribution in [1.82, 2.24) is 5.32 Å². The van der Waals surface area contributed by atoms with Crippen molar-refractivity contribution >= 4 is 0 Å². The fourth-order valence-corrected chi connectivity index (χ4v) is 3.07. The minimum Gasteiger partial charge on any atom is -0.387 e. The molecule has 0 aliphatic heterocycles. The molecule has 3 atom stereocenters. The average molecular weight is 272 g/mol. The molecule has 0 saturated heterocycles. The standard InChI is InChI=1S/C17H24N2O/c1-13-3-2-4-15(9-13)11-19-12-17(20)16-7-5-14(10-18)6-8-16/h5-8,13,15,17,19-20H,2-4,9,11-12H2,1H3. The molecule has 3 nitrogen and oxygen atoms in total. The molecule has 1 aliphatic carbocycles. The van der Waals surface area contributed by atoms with Crippen molar-refractivity contribution in [2.24, 2.45) is 11.8 Å². The maximum Gasteiger partial charge on any atom is 0.0991 e. The lowest BCUT2D eigenvalue weighted by Crippen LogP contribution is -2.29. The van der Waals surface area contributed by atoms with Crippen LogP contribution < -0.4 is 5.32 Å². The zero-order chi connectivity index (χ0) is 14.4. The van der Waals surface area contributed by atoms with Crippen LogP contribution in [0.2, 0.25) is 0 Å². The largest absolute Gasteiger partial charge is 0.387 e. The van der Waals surface area contributed by atoms with Gasteiger partial charge in [-0.3, -0.25) is 0 Å². The van der Waals surface area contributed by atoms with E-state index in [0.717, 1.165) is 23.9 Å². The van der Waals surface area contributed by atoms with Crippen LogP contribution in [0, 0.1) is 23.2 Å². The first kappa shape index (κ1) is 15.0. The summed E-state index contributed by atoms with van der Waals surface area (Å²) >= 11 is 0. The van der Waals surface area contributed by atoms with Gasteiger partial charge in [0.05, 0.1) is 17.7 Å². The SMILES string of the molecule is CC1CCCC(CNCC(O)c2ccc(C#N)cc2)C1. The monoisotopic (exact) mass is 272 g/mol. The third kappa shape index (κ3) is 4.33. The number of aliphatic hydroxyl groups is 1. The highest BCUT2D eigenvalue weighted by Gasteiger charge is 2.18. The van der Waals surface area contributed by atoms with Gasteiger partial charge in [0.1, 0.15) is 0 Å². The predicted octanol–water partition coefficient (Wildman–Crippen LogP) is 3.01. The molecule has 108 valence electrons. The van der Waals surface area contributed by atoms with E-state index in [4.69, 9.17) is 5.26 Å². The third-order valence-corrected chi connectivity index (χ3v) is 4.24. The van der Waals surface area contributed by atoms with Crippen LogP contribution in [0.3, 0.4) is 0 Å². The molecule has 0 aromatic heterocycles. The normalized spacial score (nSPS) is 24.1. The van der Waals surface area contributed by atoms with E-state index >= 15 is 0 Å². The fourth-order valence-electron chi connectivity index (χ4n) is 3.07. The number of benzene rings is 1. The highest BCUT2D eigenvalue weighted by molar-refractivity contribution is 5.32. The van der Waals surface area contributed by atoms with Gasteiger partial charge < -0.3 is 10.4 Å². The Labute approximate surface area is 121 Å². The Bertz CT molecular complexity index is 449. The Kier molecular flexibility index (Phi) is 5.58. The lowest BCUT2D eigenvalue weighted by atomic mass is 9.82. The van der Waals surface area contributed by atoms with Gasteiger partial charge in [-0.05, 0) is 48.9 Å². The highest BCUT2D eigenvalue weighted by atomic mass is 16.3. The zero-order valence-electron chi connectivity index (χ0n) is 12.2. The second-order valence-electron chi connectivity index (χ2n) is 6.05. The van der Waals surface area contributed by atoms with Crippen molar-refractivity contribution < 1.29 is 5.11 Å². The molecule has 1 fully saturated rings. The zero-order valence-corrected chi connectivity index (χ0v) is 12.2. The number of nitrogens with one attached hydrogen (secondary N) is 1. The van der Waals surface area contributed by atoms with E-state index in [0.29, 0.717) is 12.1 Å². The maximum absolute atomic E-state index is 10.1. The van der Waals surface area contributed by atoms with Crippen LogP contribution in [-0.2, 0) is 0 Å². The molecule has 0 spiro atoms. The highest BCUT2D eigenvalue weighted by Crippen LogP contribution is 2.28. The van der Waals surface area contributed by atoms with Gasteiger partial charge in [-0.2, -0.15) is 5.26 Å². The van der Waals surface area contributed by atoms with Crippen molar-refractivity contribution in [3.8, 4) is 6.07 Å². The van der Waals surface area contributed by atoms with Crippen molar-refractivity contribution in [3.63, 3.8) is 0 Å². The van der Waals surface area contributed by atoms with Crippen LogP contribution in [0.15, 0.2) is 24.3 Å². The molecule has 0 amide bonds. The topological polar surface area (TPSA) is 56.0 Å². The van der Waals surface area contributed by atoms with E-state index in [1.165, 1.54) is 25.7 Å². The number of nitriles is 1. The molecule has 0 radical (unpaired) electrons. The molecule has 0 heterocycles. The number of rotatable bonds is 5. The maximum atomic E-state index is 10.1. The smallest absolute Gasteiger partial charge is 0.0991 e. The van der Waals surface area contributed by atoms with E-state index < -0.39 is 6.10 Å². The first-order valence-electron chi connectivity index (χ1n) is 7.58. The second-order valence-corrected chi connectivity index (χ2v) is 6.05. The van der Waals surface area contributed by atoms with Crippen molar-refractivity contribution in [2.45, 2.75) is 38.7 Å². The van der Waals surface area contributed by atoms with Crippen LogP contribution in [-0.4, -0.2) is 18.2 Å². The molecule has 3 unspecified atom stereocenters. The average Bonchev–Trinajstić information content (AvgIpc) is 2.47. The molecule has 1 aliphatic rings. The van der Waals surface area contributed by atoms with Gasteiger partial charge in [-0.15, -0.1) is 0 Å². The van der Waals surface area contributed by atoms with E-state index in [1.807, 2.05) is 12.1 Å². The third-order valence-electron chi connectivity index (χ3n) is 4.24. The van der Waals surface area contributed by atoms with E-state index in [-0.39, 0.29) is 0 Å². The first-order chi connectivity index (χ1) is 9.69. The van der Waals surface area contributed by atoms with Gasteiger partial charge in [0.15, 0.2) is 0 Å². The van der Waals surface area contributed by atoms with Crippen LogP contribution in [0.5, 0.6) is 0 Å². The molecule has 1 aromatic rings. The molecular formula is C17H24N2O. The van der Waals surface area contributed by atoms with Crippen molar-refractivity contribution in [3.05, 3.63) is 35.4 Å². The van der Waals surface area contributed by atoms with Crippen LogP contribution in [0.25, 0.3) is 0 Å². The lowest BCUT2D eigenvalue weighted by molar-refractivity contribution is 0.169. The Balaban J connectivity index is 1.74. The van der Waals surface area contributed by atoms with Gasteiger partial charge in [0.25, 0.3) is 0 Å². The summed E-state index contributed by atoms with van der Waals surface area (Å²) in [6.45, 7) is 3.91. The van der Waals surface area contributed by atoms with Crippen LogP contribution >= 0.6 is 0 Å². The Hall–Kier alpha value is -1.37. The quantitative estimate of drug-likeness (QED) is 0.866. The van der Waals surface area contributed by atoms with Crippen LogP contribution in [0.1, 0.15) is 49.8 Å². The Morgan fingerprint density at radius 1 is 1.35 bits per heavy atom. The fraction of sp³-hybridized carbons (Fsp3) is 0.588.